The second-order valence-electron chi connectivity index (χ2n) is 3.71. The van der Waals surface area contributed by atoms with Gasteiger partial charge in [-0.05, 0) is 12.8 Å². The lowest BCUT2D eigenvalue weighted by atomic mass is 10.1. The zero-order valence-electron chi connectivity index (χ0n) is 9.68. The molecule has 0 heterocycles. The first-order valence-corrected chi connectivity index (χ1v) is 5.90. The van der Waals surface area contributed by atoms with E-state index in [0.29, 0.717) is 18.8 Å². The van der Waals surface area contributed by atoms with Crippen molar-refractivity contribution in [2.24, 2.45) is 0 Å². The van der Waals surface area contributed by atoms with Gasteiger partial charge >= 0.3 is 0 Å². The van der Waals surface area contributed by atoms with Gasteiger partial charge in [-0.25, -0.2) is 0 Å². The molecule has 0 aliphatic carbocycles. The fourth-order valence-corrected chi connectivity index (χ4v) is 1.31. The summed E-state index contributed by atoms with van der Waals surface area (Å²) in [4.78, 5) is 11.3. The van der Waals surface area contributed by atoms with Gasteiger partial charge in [0.15, 0.2) is 0 Å². The second kappa shape index (κ2) is 10.7. The Morgan fingerprint density at radius 1 is 0.929 bits per heavy atom. The van der Waals surface area contributed by atoms with E-state index < -0.39 is 0 Å². The average molecular weight is 200 g/mol. The summed E-state index contributed by atoms with van der Waals surface area (Å²) in [7, 11) is 0. The summed E-state index contributed by atoms with van der Waals surface area (Å²) in [6.45, 7) is 5.65. The molecule has 0 N–H and O–H groups in total. The number of carbonyl (C=O) groups excluding carboxylic acids is 1. The van der Waals surface area contributed by atoms with Gasteiger partial charge in [-0.2, -0.15) is 0 Å². The number of unbranched alkanes of at least 4 members (excludes halogenated alkanes) is 3. The fraction of sp³-hybridized carbons (Fsp3) is 0.917. The van der Waals surface area contributed by atoms with Crippen molar-refractivity contribution in [1.29, 1.82) is 0 Å². The SMILES string of the molecule is CCCCCCC(=O)CCOCCC. The molecule has 0 bridgehead atoms. The van der Waals surface area contributed by atoms with Gasteiger partial charge in [-0.3, -0.25) is 4.79 Å². The van der Waals surface area contributed by atoms with Crippen molar-refractivity contribution < 1.29 is 9.53 Å². The van der Waals surface area contributed by atoms with E-state index in [9.17, 15) is 4.79 Å². The highest BCUT2D eigenvalue weighted by Crippen LogP contribution is 2.04. The molecular formula is C12H24O2. The van der Waals surface area contributed by atoms with Crippen molar-refractivity contribution in [2.75, 3.05) is 13.2 Å². The van der Waals surface area contributed by atoms with Gasteiger partial charge < -0.3 is 4.74 Å². The minimum Gasteiger partial charge on any atom is -0.381 e. The Kier molecular flexibility index (Phi) is 10.4. The third kappa shape index (κ3) is 9.72. The number of Topliss-reactive ketones (excluding diaryl/α,β-unsaturated/α-hetero) is 1. The summed E-state index contributed by atoms with van der Waals surface area (Å²) in [5.41, 5.74) is 0. The Morgan fingerprint density at radius 3 is 2.36 bits per heavy atom. The smallest absolute Gasteiger partial charge is 0.135 e. The monoisotopic (exact) mass is 200 g/mol. The maximum atomic E-state index is 11.3. The molecule has 0 radical (unpaired) electrons. The molecule has 0 aromatic heterocycles. The standard InChI is InChI=1S/C12H24O2/c1-3-5-6-7-8-12(13)9-11-14-10-4-2/h3-11H2,1-2H3. The Labute approximate surface area is 88.0 Å². The van der Waals surface area contributed by atoms with E-state index in [2.05, 4.69) is 13.8 Å². The molecule has 0 aromatic rings. The van der Waals surface area contributed by atoms with Crippen LogP contribution in [0.1, 0.15) is 58.8 Å². The normalized spacial score (nSPS) is 10.4. The van der Waals surface area contributed by atoms with Crippen molar-refractivity contribution in [1.82, 2.24) is 0 Å². The Bertz CT molecular complexity index is 118. The number of carbonyl (C=O) groups is 1. The molecule has 14 heavy (non-hydrogen) atoms. The third-order valence-electron chi connectivity index (χ3n) is 2.18. The van der Waals surface area contributed by atoms with Gasteiger partial charge in [-0.1, -0.05) is 33.1 Å². The summed E-state index contributed by atoms with van der Waals surface area (Å²) in [5, 5.41) is 0. The second-order valence-corrected chi connectivity index (χ2v) is 3.71. The first-order chi connectivity index (χ1) is 6.81. The molecule has 0 saturated heterocycles. The lowest BCUT2D eigenvalue weighted by Gasteiger charge is -2.02. The molecule has 0 spiro atoms. The topological polar surface area (TPSA) is 26.3 Å². The quantitative estimate of drug-likeness (QED) is 0.505. The van der Waals surface area contributed by atoms with Crippen LogP contribution in [0.4, 0.5) is 0 Å². The van der Waals surface area contributed by atoms with Crippen LogP contribution in [0.25, 0.3) is 0 Å². The van der Waals surface area contributed by atoms with E-state index in [1.165, 1.54) is 19.3 Å². The summed E-state index contributed by atoms with van der Waals surface area (Å²) in [6.07, 6.45) is 7.11. The maximum absolute atomic E-state index is 11.3. The molecule has 0 aliphatic rings. The molecule has 0 amide bonds. The van der Waals surface area contributed by atoms with E-state index in [-0.39, 0.29) is 0 Å². The zero-order valence-corrected chi connectivity index (χ0v) is 9.68. The first-order valence-electron chi connectivity index (χ1n) is 5.90. The van der Waals surface area contributed by atoms with Crippen LogP contribution in [-0.2, 0) is 9.53 Å². The first kappa shape index (κ1) is 13.6. The minimum absolute atomic E-state index is 0.359. The molecule has 0 rings (SSSR count). The van der Waals surface area contributed by atoms with Crippen molar-refractivity contribution in [2.45, 2.75) is 58.8 Å². The number of hydrogen-bond acceptors (Lipinski definition) is 2. The summed E-state index contributed by atoms with van der Waals surface area (Å²) in [5.74, 6) is 0.359. The van der Waals surface area contributed by atoms with Crippen LogP contribution in [0.15, 0.2) is 0 Å². The number of rotatable bonds is 10. The van der Waals surface area contributed by atoms with Crippen LogP contribution < -0.4 is 0 Å². The molecule has 0 saturated carbocycles. The van der Waals surface area contributed by atoms with E-state index in [4.69, 9.17) is 4.74 Å². The van der Waals surface area contributed by atoms with Crippen molar-refractivity contribution in [3.8, 4) is 0 Å². The average Bonchev–Trinajstić information content (AvgIpc) is 2.19. The van der Waals surface area contributed by atoms with Crippen molar-refractivity contribution >= 4 is 5.78 Å². The van der Waals surface area contributed by atoms with Gasteiger partial charge in [0.25, 0.3) is 0 Å². The highest BCUT2D eigenvalue weighted by molar-refractivity contribution is 5.78. The van der Waals surface area contributed by atoms with Crippen LogP contribution in [0.2, 0.25) is 0 Å². The van der Waals surface area contributed by atoms with Gasteiger partial charge in [0.1, 0.15) is 5.78 Å². The van der Waals surface area contributed by atoms with Gasteiger partial charge in [0, 0.05) is 19.4 Å². The van der Waals surface area contributed by atoms with Crippen LogP contribution in [0.5, 0.6) is 0 Å². The molecule has 0 aliphatic heterocycles. The number of hydrogen-bond donors (Lipinski definition) is 0. The Balaban J connectivity index is 3.11. The van der Waals surface area contributed by atoms with E-state index in [1.54, 1.807) is 0 Å². The van der Waals surface area contributed by atoms with Crippen LogP contribution in [0.3, 0.4) is 0 Å². The maximum Gasteiger partial charge on any atom is 0.135 e. The molecule has 0 aromatic carbocycles. The van der Waals surface area contributed by atoms with E-state index in [0.717, 1.165) is 25.9 Å². The lowest BCUT2D eigenvalue weighted by Crippen LogP contribution is -2.04. The fourth-order valence-electron chi connectivity index (χ4n) is 1.31. The molecule has 2 nitrogen and oxygen atoms in total. The molecular weight excluding hydrogens is 176 g/mol. The summed E-state index contributed by atoms with van der Waals surface area (Å²) >= 11 is 0. The van der Waals surface area contributed by atoms with Gasteiger partial charge in [0.2, 0.25) is 0 Å². The third-order valence-corrected chi connectivity index (χ3v) is 2.18. The van der Waals surface area contributed by atoms with E-state index in [1.807, 2.05) is 0 Å². The number of ketones is 1. The largest absolute Gasteiger partial charge is 0.381 e. The van der Waals surface area contributed by atoms with Gasteiger partial charge in [0.05, 0.1) is 6.61 Å². The molecule has 0 fully saturated rings. The van der Waals surface area contributed by atoms with E-state index >= 15 is 0 Å². The number of ether oxygens (including phenoxy) is 1. The van der Waals surface area contributed by atoms with Crippen molar-refractivity contribution in [3.05, 3.63) is 0 Å². The molecule has 0 atom stereocenters. The van der Waals surface area contributed by atoms with Gasteiger partial charge in [-0.15, -0.1) is 0 Å². The highest BCUT2D eigenvalue weighted by atomic mass is 16.5. The Hall–Kier alpha value is -0.370. The lowest BCUT2D eigenvalue weighted by molar-refractivity contribution is -0.120. The summed E-state index contributed by atoms with van der Waals surface area (Å²) in [6, 6.07) is 0. The van der Waals surface area contributed by atoms with Crippen LogP contribution in [0, 0.1) is 0 Å². The zero-order chi connectivity index (χ0) is 10.6. The summed E-state index contributed by atoms with van der Waals surface area (Å²) < 4.78 is 5.26. The Morgan fingerprint density at radius 2 is 1.71 bits per heavy atom. The van der Waals surface area contributed by atoms with Crippen LogP contribution >= 0.6 is 0 Å². The molecule has 0 unspecified atom stereocenters. The minimum atomic E-state index is 0.359. The molecule has 84 valence electrons. The van der Waals surface area contributed by atoms with Crippen LogP contribution in [-0.4, -0.2) is 19.0 Å². The molecule has 2 heteroatoms. The van der Waals surface area contributed by atoms with Crippen molar-refractivity contribution in [3.63, 3.8) is 0 Å². The predicted molar refractivity (Wildman–Crippen MR) is 59.5 cm³/mol. The highest BCUT2D eigenvalue weighted by Gasteiger charge is 2.00. The predicted octanol–water partition coefficient (Wildman–Crippen LogP) is 3.34.